The number of nitrogens with zero attached hydrogens (tertiary/aromatic N) is 3. The van der Waals surface area contributed by atoms with Crippen molar-refractivity contribution in [2.24, 2.45) is 0 Å². The van der Waals surface area contributed by atoms with Crippen molar-refractivity contribution in [1.29, 1.82) is 0 Å². The van der Waals surface area contributed by atoms with Crippen LogP contribution in [0.5, 0.6) is 0 Å². The molecule has 1 amide bonds. The number of likely N-dealkylation sites (tertiary alicyclic amines) is 1. The minimum Gasteiger partial charge on any atom is -0.338 e. The summed E-state index contributed by atoms with van der Waals surface area (Å²) in [6.07, 6.45) is 1.84. The molecule has 0 saturated carbocycles. The highest BCUT2D eigenvalue weighted by molar-refractivity contribution is 9.10. The predicted molar refractivity (Wildman–Crippen MR) is 83.4 cm³/mol. The van der Waals surface area contributed by atoms with Crippen LogP contribution in [0.2, 0.25) is 0 Å². The fraction of sp³-hybridized carbons (Fsp3) is 0.500. The van der Waals surface area contributed by atoms with Gasteiger partial charge in [0.25, 0.3) is 11.6 Å². The summed E-state index contributed by atoms with van der Waals surface area (Å²) >= 11 is 3.30. The van der Waals surface area contributed by atoms with Crippen LogP contribution >= 0.6 is 15.9 Å². The lowest BCUT2D eigenvalue weighted by Crippen LogP contribution is -2.44. The number of halogens is 1. The van der Waals surface area contributed by atoms with Gasteiger partial charge in [-0.25, -0.2) is 0 Å². The number of amides is 1. The highest BCUT2D eigenvalue weighted by Crippen LogP contribution is 2.25. The summed E-state index contributed by atoms with van der Waals surface area (Å²) in [4.78, 5) is 26.8. The maximum Gasteiger partial charge on any atom is 0.270 e. The van der Waals surface area contributed by atoms with Crippen molar-refractivity contribution in [3.63, 3.8) is 0 Å². The molecule has 0 unspecified atom stereocenters. The number of non-ortho nitro benzene ring substituents is 1. The van der Waals surface area contributed by atoms with Gasteiger partial charge in [0.2, 0.25) is 0 Å². The van der Waals surface area contributed by atoms with Crippen molar-refractivity contribution in [2.45, 2.75) is 18.9 Å². The van der Waals surface area contributed by atoms with Gasteiger partial charge in [0, 0.05) is 35.7 Å². The topological polar surface area (TPSA) is 66.7 Å². The molecule has 0 aromatic heterocycles. The van der Waals surface area contributed by atoms with Crippen LogP contribution in [-0.2, 0) is 0 Å². The zero-order valence-corrected chi connectivity index (χ0v) is 13.7. The van der Waals surface area contributed by atoms with E-state index in [1.807, 2.05) is 14.1 Å². The minimum absolute atomic E-state index is 0.0651. The second-order valence-corrected chi connectivity index (χ2v) is 6.26. The van der Waals surface area contributed by atoms with Crippen LogP contribution in [0.4, 0.5) is 5.69 Å². The van der Waals surface area contributed by atoms with Gasteiger partial charge < -0.3 is 9.80 Å². The third-order valence-electron chi connectivity index (χ3n) is 3.87. The van der Waals surface area contributed by atoms with Crippen molar-refractivity contribution in [2.75, 3.05) is 27.2 Å². The van der Waals surface area contributed by atoms with Crippen LogP contribution in [0.15, 0.2) is 22.7 Å². The molecule has 0 radical (unpaired) electrons. The highest BCUT2D eigenvalue weighted by atomic mass is 79.9. The standard InChI is InChI=1S/C14H18BrN3O3/c1-16(2)10-5-7-17(8-6-10)14(19)12-9-11(18(20)21)3-4-13(12)15/h3-4,9-10H,5-8H2,1-2H3. The van der Waals surface area contributed by atoms with Crippen molar-refractivity contribution < 1.29 is 9.72 Å². The van der Waals surface area contributed by atoms with E-state index in [0.717, 1.165) is 12.8 Å². The Morgan fingerprint density at radius 2 is 2.00 bits per heavy atom. The Kier molecular flexibility index (Phi) is 4.95. The van der Waals surface area contributed by atoms with E-state index >= 15 is 0 Å². The van der Waals surface area contributed by atoms with Gasteiger partial charge in [-0.2, -0.15) is 0 Å². The summed E-state index contributed by atoms with van der Waals surface area (Å²) in [7, 11) is 4.08. The molecule has 1 saturated heterocycles. The van der Waals surface area contributed by atoms with Crippen LogP contribution < -0.4 is 0 Å². The van der Waals surface area contributed by atoms with Gasteiger partial charge in [0.05, 0.1) is 10.5 Å². The lowest BCUT2D eigenvalue weighted by molar-refractivity contribution is -0.384. The number of benzene rings is 1. The molecule has 7 heteroatoms. The molecule has 1 aliphatic heterocycles. The monoisotopic (exact) mass is 355 g/mol. The minimum atomic E-state index is -0.485. The van der Waals surface area contributed by atoms with Crippen molar-refractivity contribution in [3.8, 4) is 0 Å². The molecule has 0 bridgehead atoms. The summed E-state index contributed by atoms with van der Waals surface area (Å²) in [5, 5.41) is 10.8. The van der Waals surface area contributed by atoms with Crippen LogP contribution in [0.3, 0.4) is 0 Å². The van der Waals surface area contributed by atoms with E-state index in [-0.39, 0.29) is 11.6 Å². The number of hydrogen-bond donors (Lipinski definition) is 0. The molecule has 0 spiro atoms. The fourth-order valence-corrected chi connectivity index (χ4v) is 2.96. The Balaban J connectivity index is 2.14. The first kappa shape index (κ1) is 15.9. The number of carbonyl (C=O) groups excluding carboxylic acids is 1. The largest absolute Gasteiger partial charge is 0.338 e. The number of piperidine rings is 1. The molecule has 0 aliphatic carbocycles. The van der Waals surface area contributed by atoms with E-state index in [1.165, 1.54) is 12.1 Å². The second kappa shape index (κ2) is 6.53. The Labute approximate surface area is 132 Å². The summed E-state index contributed by atoms with van der Waals surface area (Å²) in [5.74, 6) is -0.150. The molecule has 6 nitrogen and oxygen atoms in total. The second-order valence-electron chi connectivity index (χ2n) is 5.41. The van der Waals surface area contributed by atoms with Gasteiger partial charge in [0.15, 0.2) is 0 Å². The summed E-state index contributed by atoms with van der Waals surface area (Å²) < 4.78 is 0.591. The Morgan fingerprint density at radius 1 is 1.38 bits per heavy atom. The molecule has 114 valence electrons. The highest BCUT2D eigenvalue weighted by Gasteiger charge is 2.26. The van der Waals surface area contributed by atoms with Gasteiger partial charge >= 0.3 is 0 Å². The lowest BCUT2D eigenvalue weighted by Gasteiger charge is -2.35. The first-order chi connectivity index (χ1) is 9.90. The van der Waals surface area contributed by atoms with E-state index in [2.05, 4.69) is 20.8 Å². The van der Waals surface area contributed by atoms with Crippen LogP contribution in [0.1, 0.15) is 23.2 Å². The van der Waals surface area contributed by atoms with Crippen LogP contribution in [-0.4, -0.2) is 53.9 Å². The third kappa shape index (κ3) is 3.59. The zero-order valence-electron chi connectivity index (χ0n) is 12.1. The van der Waals surface area contributed by atoms with Crippen LogP contribution in [0.25, 0.3) is 0 Å². The van der Waals surface area contributed by atoms with Crippen LogP contribution in [0, 0.1) is 10.1 Å². The van der Waals surface area contributed by atoms with Gasteiger partial charge in [-0.3, -0.25) is 14.9 Å². The maximum absolute atomic E-state index is 12.5. The van der Waals surface area contributed by atoms with Gasteiger partial charge in [-0.15, -0.1) is 0 Å². The van der Waals surface area contributed by atoms with Gasteiger partial charge in [-0.05, 0) is 48.9 Å². The van der Waals surface area contributed by atoms with E-state index in [4.69, 9.17) is 0 Å². The van der Waals surface area contributed by atoms with E-state index in [1.54, 1.807) is 11.0 Å². The number of rotatable bonds is 3. The Hall–Kier alpha value is -1.47. The number of hydrogen-bond acceptors (Lipinski definition) is 4. The predicted octanol–water partition coefficient (Wildman–Crippen LogP) is 2.52. The van der Waals surface area contributed by atoms with Crippen molar-refractivity contribution in [3.05, 3.63) is 38.3 Å². The fourth-order valence-electron chi connectivity index (χ4n) is 2.55. The molecule has 1 aromatic rings. The third-order valence-corrected chi connectivity index (χ3v) is 4.56. The Morgan fingerprint density at radius 3 is 2.52 bits per heavy atom. The van der Waals surface area contributed by atoms with Gasteiger partial charge in [0.1, 0.15) is 0 Å². The summed E-state index contributed by atoms with van der Waals surface area (Å²) in [6, 6.07) is 4.77. The first-order valence-corrected chi connectivity index (χ1v) is 7.59. The average molecular weight is 356 g/mol. The average Bonchev–Trinajstić information content (AvgIpc) is 2.47. The molecule has 2 rings (SSSR count). The van der Waals surface area contributed by atoms with E-state index in [9.17, 15) is 14.9 Å². The number of nitro groups is 1. The molecular formula is C14H18BrN3O3. The molecule has 1 aromatic carbocycles. The molecule has 21 heavy (non-hydrogen) atoms. The summed E-state index contributed by atoms with van der Waals surface area (Å²) in [6.45, 7) is 1.35. The van der Waals surface area contributed by atoms with E-state index < -0.39 is 4.92 Å². The van der Waals surface area contributed by atoms with E-state index in [0.29, 0.717) is 29.2 Å². The molecule has 1 fully saturated rings. The van der Waals surface area contributed by atoms with Gasteiger partial charge in [-0.1, -0.05) is 0 Å². The smallest absolute Gasteiger partial charge is 0.270 e. The lowest BCUT2D eigenvalue weighted by atomic mass is 10.0. The van der Waals surface area contributed by atoms with Crippen molar-refractivity contribution >= 4 is 27.5 Å². The van der Waals surface area contributed by atoms with Crippen molar-refractivity contribution in [1.82, 2.24) is 9.80 Å². The SMILES string of the molecule is CN(C)C1CCN(C(=O)c2cc([N+](=O)[O-])ccc2Br)CC1. The Bertz CT molecular complexity index is 554. The number of carbonyl (C=O) groups is 1. The quantitative estimate of drug-likeness (QED) is 0.617. The molecule has 0 atom stereocenters. The summed E-state index contributed by atoms with van der Waals surface area (Å²) in [5.41, 5.74) is 0.289. The number of nitro benzene ring substituents is 1. The normalized spacial score (nSPS) is 16.3. The zero-order chi connectivity index (χ0) is 15.6. The molecular weight excluding hydrogens is 338 g/mol. The first-order valence-electron chi connectivity index (χ1n) is 6.80. The molecule has 0 N–H and O–H groups in total. The molecule has 1 heterocycles. The maximum atomic E-state index is 12.5. The molecule has 1 aliphatic rings.